The zero-order valence-electron chi connectivity index (χ0n) is 19.2. The first-order chi connectivity index (χ1) is 16.3. The van der Waals surface area contributed by atoms with Crippen LogP contribution >= 0.6 is 11.6 Å². The Hall–Kier alpha value is -3.65. The van der Waals surface area contributed by atoms with Crippen molar-refractivity contribution in [3.8, 4) is 0 Å². The molecular formula is C25H27ClN4O4. The van der Waals surface area contributed by atoms with Crippen LogP contribution in [-0.2, 0) is 20.9 Å². The lowest BCUT2D eigenvalue weighted by Gasteiger charge is -2.20. The number of carbonyl (C=O) groups excluding carboxylic acids is 3. The predicted octanol–water partition coefficient (Wildman–Crippen LogP) is 3.76. The minimum absolute atomic E-state index is 0.0675. The van der Waals surface area contributed by atoms with E-state index in [4.69, 9.17) is 16.3 Å². The van der Waals surface area contributed by atoms with Gasteiger partial charge in [0.1, 0.15) is 12.6 Å². The van der Waals surface area contributed by atoms with E-state index in [-0.39, 0.29) is 18.4 Å². The Labute approximate surface area is 202 Å². The molecule has 0 aliphatic rings. The first kappa shape index (κ1) is 25.0. The molecule has 9 heteroatoms. The van der Waals surface area contributed by atoms with Gasteiger partial charge in [0.2, 0.25) is 0 Å². The maximum atomic E-state index is 12.8. The van der Waals surface area contributed by atoms with Crippen molar-refractivity contribution >= 4 is 46.5 Å². The van der Waals surface area contributed by atoms with Crippen molar-refractivity contribution in [2.75, 3.05) is 6.61 Å². The van der Waals surface area contributed by atoms with Gasteiger partial charge in [0.15, 0.2) is 0 Å². The van der Waals surface area contributed by atoms with E-state index in [1.165, 1.54) is 6.21 Å². The number of halogens is 1. The molecule has 1 unspecified atom stereocenters. The highest BCUT2D eigenvalue weighted by Crippen LogP contribution is 2.20. The van der Waals surface area contributed by atoms with E-state index in [1.807, 2.05) is 38.1 Å². The molecule has 0 spiro atoms. The summed E-state index contributed by atoms with van der Waals surface area (Å²) < 4.78 is 6.82. The average Bonchev–Trinajstić information content (AvgIpc) is 3.14. The van der Waals surface area contributed by atoms with Gasteiger partial charge >= 0.3 is 5.97 Å². The Bertz CT molecular complexity index is 1220. The highest BCUT2D eigenvalue weighted by molar-refractivity contribution is 6.33. The van der Waals surface area contributed by atoms with Crippen molar-refractivity contribution in [1.82, 2.24) is 15.3 Å². The van der Waals surface area contributed by atoms with Gasteiger partial charge in [-0.15, -0.1) is 0 Å². The van der Waals surface area contributed by atoms with E-state index in [0.717, 1.165) is 16.5 Å². The lowest BCUT2D eigenvalue weighted by molar-refractivity contribution is -0.143. The fourth-order valence-electron chi connectivity index (χ4n) is 3.49. The van der Waals surface area contributed by atoms with Gasteiger partial charge in [0.05, 0.1) is 23.4 Å². The zero-order valence-corrected chi connectivity index (χ0v) is 20.0. The number of rotatable bonds is 9. The third-order valence-electron chi connectivity index (χ3n) is 5.16. The Balaban J connectivity index is 1.73. The second-order valence-corrected chi connectivity index (χ2v) is 8.35. The maximum Gasteiger partial charge on any atom is 0.325 e. The molecule has 2 aromatic carbocycles. The number of amides is 2. The Kier molecular flexibility index (Phi) is 8.43. The second-order valence-electron chi connectivity index (χ2n) is 7.94. The lowest BCUT2D eigenvalue weighted by atomic mass is 10.0. The quantitative estimate of drug-likeness (QED) is 0.275. The molecule has 1 atom stereocenters. The van der Waals surface area contributed by atoms with Crippen LogP contribution in [0.15, 0.2) is 59.8 Å². The monoisotopic (exact) mass is 482 g/mol. The fraction of sp³-hybridized carbons (Fsp3) is 0.280. The van der Waals surface area contributed by atoms with Crippen LogP contribution in [0.5, 0.6) is 0 Å². The number of benzene rings is 2. The van der Waals surface area contributed by atoms with Crippen LogP contribution < -0.4 is 10.7 Å². The molecule has 0 saturated heterocycles. The molecule has 3 aromatic rings. The number of fused-ring (bicyclic) bond motifs is 1. The van der Waals surface area contributed by atoms with Crippen molar-refractivity contribution in [3.63, 3.8) is 0 Å². The molecule has 3 rings (SSSR count). The number of hydrogen-bond acceptors (Lipinski definition) is 5. The molecule has 0 saturated carbocycles. The topological polar surface area (TPSA) is 102 Å². The molecule has 178 valence electrons. The van der Waals surface area contributed by atoms with Gasteiger partial charge in [-0.2, -0.15) is 5.10 Å². The Morgan fingerprint density at radius 2 is 1.82 bits per heavy atom. The smallest absolute Gasteiger partial charge is 0.325 e. The Morgan fingerprint density at radius 1 is 1.12 bits per heavy atom. The Morgan fingerprint density at radius 3 is 2.53 bits per heavy atom. The molecule has 0 bridgehead atoms. The highest BCUT2D eigenvalue weighted by atomic mass is 35.5. The first-order valence-electron chi connectivity index (χ1n) is 10.9. The van der Waals surface area contributed by atoms with Crippen LogP contribution in [0.1, 0.15) is 36.7 Å². The average molecular weight is 483 g/mol. The van der Waals surface area contributed by atoms with Gasteiger partial charge in [-0.3, -0.25) is 14.4 Å². The molecule has 8 nitrogen and oxygen atoms in total. The van der Waals surface area contributed by atoms with E-state index in [2.05, 4.69) is 15.8 Å². The second kappa shape index (κ2) is 11.5. The molecule has 2 N–H and O–H groups in total. The predicted molar refractivity (Wildman–Crippen MR) is 132 cm³/mol. The number of nitrogens with zero attached hydrogens (tertiary/aromatic N) is 2. The number of nitrogens with one attached hydrogen (secondary N) is 2. The summed E-state index contributed by atoms with van der Waals surface area (Å²) in [5, 5.41) is 7.99. The lowest BCUT2D eigenvalue weighted by Crippen LogP contribution is -2.48. The minimum Gasteiger partial charge on any atom is -0.465 e. The minimum atomic E-state index is -0.814. The van der Waals surface area contributed by atoms with Crippen LogP contribution in [0.2, 0.25) is 5.02 Å². The van der Waals surface area contributed by atoms with E-state index >= 15 is 0 Å². The summed E-state index contributed by atoms with van der Waals surface area (Å²) in [6.07, 6.45) is 3.28. The molecule has 1 aromatic heterocycles. The van der Waals surface area contributed by atoms with E-state index in [9.17, 15) is 14.4 Å². The van der Waals surface area contributed by atoms with Gasteiger partial charge in [-0.05, 0) is 31.0 Å². The number of esters is 1. The van der Waals surface area contributed by atoms with Crippen LogP contribution in [0, 0.1) is 5.92 Å². The van der Waals surface area contributed by atoms with Crippen molar-refractivity contribution in [1.29, 1.82) is 0 Å². The van der Waals surface area contributed by atoms with Gasteiger partial charge in [-0.1, -0.05) is 55.8 Å². The van der Waals surface area contributed by atoms with E-state index in [0.29, 0.717) is 17.2 Å². The molecule has 0 aliphatic heterocycles. The summed E-state index contributed by atoms with van der Waals surface area (Å²) in [6, 6.07) is 13.4. The zero-order chi connectivity index (χ0) is 24.7. The van der Waals surface area contributed by atoms with Gasteiger partial charge in [0, 0.05) is 22.7 Å². The van der Waals surface area contributed by atoms with Crippen molar-refractivity contribution in [2.45, 2.75) is 33.4 Å². The molecule has 0 fully saturated rings. The summed E-state index contributed by atoms with van der Waals surface area (Å²) in [6.45, 7) is 5.78. The molecule has 1 heterocycles. The summed E-state index contributed by atoms with van der Waals surface area (Å²) in [4.78, 5) is 37.3. The fourth-order valence-corrected chi connectivity index (χ4v) is 3.71. The summed E-state index contributed by atoms with van der Waals surface area (Å²) in [5.41, 5.74) is 4.36. The summed E-state index contributed by atoms with van der Waals surface area (Å²) in [7, 11) is 0. The number of aromatic nitrogens is 1. The molecule has 2 amide bonds. The van der Waals surface area contributed by atoms with Crippen LogP contribution in [0.4, 0.5) is 0 Å². The molecule has 34 heavy (non-hydrogen) atoms. The summed E-state index contributed by atoms with van der Waals surface area (Å²) in [5.74, 6) is -1.42. The van der Waals surface area contributed by atoms with E-state index in [1.54, 1.807) is 42.0 Å². The largest absolute Gasteiger partial charge is 0.465 e. The van der Waals surface area contributed by atoms with Crippen molar-refractivity contribution < 1.29 is 19.1 Å². The number of ether oxygens (including phenoxy) is 1. The standard InChI is InChI=1S/C25H27ClN4O4/c1-4-34-22(31)15-30-14-17(18-9-6-8-12-21(18)30)13-27-29-25(33)23(16(2)3)28-24(32)19-10-5-7-11-20(19)26/h5-14,16,23H,4,15H2,1-3H3,(H,28,32)(H,29,33)/b27-13-. The first-order valence-corrected chi connectivity index (χ1v) is 11.3. The highest BCUT2D eigenvalue weighted by Gasteiger charge is 2.25. The maximum absolute atomic E-state index is 12.8. The van der Waals surface area contributed by atoms with Gasteiger partial charge in [-0.25, -0.2) is 5.43 Å². The normalized spacial score (nSPS) is 12.1. The number of hydrogen-bond donors (Lipinski definition) is 2. The number of para-hydroxylation sites is 1. The molecule has 0 aliphatic carbocycles. The summed E-state index contributed by atoms with van der Waals surface area (Å²) >= 11 is 6.10. The van der Waals surface area contributed by atoms with Crippen LogP contribution in [0.3, 0.4) is 0 Å². The van der Waals surface area contributed by atoms with Crippen molar-refractivity contribution in [3.05, 3.63) is 70.9 Å². The van der Waals surface area contributed by atoms with Crippen molar-refractivity contribution in [2.24, 2.45) is 11.0 Å². The van der Waals surface area contributed by atoms with Crippen LogP contribution in [0.25, 0.3) is 10.9 Å². The number of carbonyl (C=O) groups is 3. The molecule has 0 radical (unpaired) electrons. The third kappa shape index (κ3) is 6.02. The third-order valence-corrected chi connectivity index (χ3v) is 5.49. The molecular weight excluding hydrogens is 456 g/mol. The van der Waals surface area contributed by atoms with Gasteiger partial charge < -0.3 is 14.6 Å². The number of hydrazone groups is 1. The van der Waals surface area contributed by atoms with E-state index < -0.39 is 17.9 Å². The SMILES string of the molecule is CCOC(=O)Cn1cc(/C=N\NC(=O)C(NC(=O)c2ccccc2Cl)C(C)C)c2ccccc21. The van der Waals surface area contributed by atoms with Crippen LogP contribution in [-0.4, -0.2) is 41.2 Å². The van der Waals surface area contributed by atoms with Gasteiger partial charge in [0.25, 0.3) is 11.8 Å².